The monoisotopic (exact) mass is 226 g/mol. The van der Waals surface area contributed by atoms with Crippen LogP contribution < -0.4 is 5.32 Å². The van der Waals surface area contributed by atoms with E-state index < -0.39 is 0 Å². The van der Waals surface area contributed by atoms with Gasteiger partial charge in [-0.05, 0) is 19.4 Å². The van der Waals surface area contributed by atoms with Crippen LogP contribution in [0.4, 0.5) is 0 Å². The van der Waals surface area contributed by atoms with Gasteiger partial charge in [0.1, 0.15) is 0 Å². The topological polar surface area (TPSA) is 58.6 Å². The molecule has 90 valence electrons. The van der Waals surface area contributed by atoms with Crippen molar-refractivity contribution < 1.29 is 14.3 Å². The molecule has 2 aliphatic rings. The predicted octanol–water partition coefficient (Wildman–Crippen LogP) is -0.240. The van der Waals surface area contributed by atoms with Gasteiger partial charge in [-0.1, -0.05) is 0 Å². The third-order valence-corrected chi connectivity index (χ3v) is 3.40. The lowest BCUT2D eigenvalue weighted by Crippen LogP contribution is -2.46. The summed E-state index contributed by atoms with van der Waals surface area (Å²) in [5.41, 5.74) is 0. The number of hydrogen-bond donors (Lipinski definition) is 1. The number of likely N-dealkylation sites (tertiary alicyclic amines) is 1. The number of nitrogens with one attached hydrogen (secondary N) is 1. The molecular formula is C11H18N2O3. The van der Waals surface area contributed by atoms with Crippen molar-refractivity contribution in [2.45, 2.75) is 25.3 Å². The van der Waals surface area contributed by atoms with Crippen LogP contribution in [0.15, 0.2) is 0 Å². The summed E-state index contributed by atoms with van der Waals surface area (Å²) >= 11 is 0. The fraction of sp³-hybridized carbons (Fsp3) is 0.818. The number of methoxy groups -OCH3 is 1. The van der Waals surface area contributed by atoms with Gasteiger partial charge in [0, 0.05) is 25.6 Å². The zero-order chi connectivity index (χ0) is 11.5. The molecule has 2 rings (SSSR count). The second kappa shape index (κ2) is 4.82. The van der Waals surface area contributed by atoms with Crippen LogP contribution in [0.1, 0.15) is 19.3 Å². The highest BCUT2D eigenvalue weighted by Crippen LogP contribution is 2.23. The Morgan fingerprint density at radius 3 is 3.00 bits per heavy atom. The Bertz CT molecular complexity index is 287. The molecule has 2 saturated heterocycles. The number of rotatable bonds is 2. The summed E-state index contributed by atoms with van der Waals surface area (Å²) in [5, 5.41) is 3.28. The SMILES string of the molecule is COC(=O)[C@@H]1CC(=O)N([C@@H]2CCCNC2)C1. The van der Waals surface area contributed by atoms with E-state index in [0.717, 1.165) is 25.9 Å². The van der Waals surface area contributed by atoms with Gasteiger partial charge >= 0.3 is 5.97 Å². The van der Waals surface area contributed by atoms with Crippen molar-refractivity contribution in [3.8, 4) is 0 Å². The van der Waals surface area contributed by atoms with Gasteiger partial charge in [0.15, 0.2) is 0 Å². The van der Waals surface area contributed by atoms with Gasteiger partial charge in [0.05, 0.1) is 13.0 Å². The molecule has 2 fully saturated rings. The van der Waals surface area contributed by atoms with Crippen LogP contribution in [-0.4, -0.2) is 49.6 Å². The Hall–Kier alpha value is -1.10. The molecule has 0 unspecified atom stereocenters. The molecule has 0 aromatic heterocycles. The summed E-state index contributed by atoms with van der Waals surface area (Å²) < 4.78 is 4.68. The van der Waals surface area contributed by atoms with Crippen molar-refractivity contribution in [1.29, 1.82) is 0 Å². The number of carbonyl (C=O) groups is 2. The third-order valence-electron chi connectivity index (χ3n) is 3.40. The molecule has 1 N–H and O–H groups in total. The first-order valence-electron chi connectivity index (χ1n) is 5.80. The number of piperidine rings is 1. The van der Waals surface area contributed by atoms with Crippen molar-refractivity contribution in [2.75, 3.05) is 26.7 Å². The highest BCUT2D eigenvalue weighted by Gasteiger charge is 2.38. The molecular weight excluding hydrogens is 208 g/mol. The molecule has 0 radical (unpaired) electrons. The maximum Gasteiger partial charge on any atom is 0.310 e. The molecule has 2 atom stereocenters. The molecule has 0 saturated carbocycles. The summed E-state index contributed by atoms with van der Waals surface area (Å²) in [5.74, 6) is -0.442. The van der Waals surface area contributed by atoms with Gasteiger partial charge < -0.3 is 15.0 Å². The number of hydrogen-bond acceptors (Lipinski definition) is 4. The average molecular weight is 226 g/mol. The van der Waals surface area contributed by atoms with Gasteiger partial charge in [-0.3, -0.25) is 9.59 Å². The Labute approximate surface area is 95.1 Å². The van der Waals surface area contributed by atoms with E-state index in [4.69, 9.17) is 0 Å². The van der Waals surface area contributed by atoms with E-state index in [9.17, 15) is 9.59 Å². The van der Waals surface area contributed by atoms with Crippen LogP contribution in [0, 0.1) is 5.92 Å². The van der Waals surface area contributed by atoms with Crippen molar-refractivity contribution in [3.05, 3.63) is 0 Å². The first-order valence-corrected chi connectivity index (χ1v) is 5.80. The van der Waals surface area contributed by atoms with Gasteiger partial charge in [0.25, 0.3) is 0 Å². The van der Waals surface area contributed by atoms with E-state index in [1.54, 1.807) is 0 Å². The first-order chi connectivity index (χ1) is 7.72. The van der Waals surface area contributed by atoms with Gasteiger partial charge in [-0.2, -0.15) is 0 Å². The zero-order valence-corrected chi connectivity index (χ0v) is 9.57. The molecule has 5 nitrogen and oxygen atoms in total. The molecule has 1 amide bonds. The van der Waals surface area contributed by atoms with Crippen LogP contribution in [0.5, 0.6) is 0 Å². The standard InChI is InChI=1S/C11H18N2O3/c1-16-11(15)8-5-10(14)13(7-8)9-3-2-4-12-6-9/h8-9,12H,2-7H2,1H3/t8-,9-/m1/s1. The van der Waals surface area contributed by atoms with Gasteiger partial charge in [-0.15, -0.1) is 0 Å². The largest absolute Gasteiger partial charge is 0.469 e. The molecule has 2 aliphatic heterocycles. The summed E-state index contributed by atoms with van der Waals surface area (Å²) in [6.45, 7) is 2.40. The van der Waals surface area contributed by atoms with E-state index in [1.165, 1.54) is 7.11 Å². The molecule has 0 aromatic carbocycles. The minimum atomic E-state index is -0.264. The minimum absolute atomic E-state index is 0.0871. The van der Waals surface area contributed by atoms with Gasteiger partial charge in [-0.25, -0.2) is 0 Å². The van der Waals surface area contributed by atoms with E-state index in [0.29, 0.717) is 13.0 Å². The quantitative estimate of drug-likeness (QED) is 0.660. The lowest BCUT2D eigenvalue weighted by atomic mass is 10.1. The Balaban J connectivity index is 1.96. The molecule has 0 aliphatic carbocycles. The van der Waals surface area contributed by atoms with E-state index in [1.807, 2.05) is 4.90 Å². The summed E-state index contributed by atoms with van der Waals surface area (Å²) in [6, 6.07) is 0.260. The maximum atomic E-state index is 11.8. The van der Waals surface area contributed by atoms with E-state index >= 15 is 0 Å². The average Bonchev–Trinajstić information content (AvgIpc) is 2.71. The van der Waals surface area contributed by atoms with Crippen molar-refractivity contribution >= 4 is 11.9 Å². The zero-order valence-electron chi connectivity index (χ0n) is 9.57. The number of esters is 1. The van der Waals surface area contributed by atoms with E-state index in [2.05, 4.69) is 10.1 Å². The maximum absolute atomic E-state index is 11.8. The first kappa shape index (κ1) is 11.4. The smallest absolute Gasteiger partial charge is 0.310 e. The van der Waals surface area contributed by atoms with Gasteiger partial charge in [0.2, 0.25) is 5.91 Å². The number of amides is 1. The fourth-order valence-corrected chi connectivity index (χ4v) is 2.51. The predicted molar refractivity (Wildman–Crippen MR) is 57.7 cm³/mol. The van der Waals surface area contributed by atoms with Crippen LogP contribution in [-0.2, 0) is 14.3 Å². The fourth-order valence-electron chi connectivity index (χ4n) is 2.51. The molecule has 16 heavy (non-hydrogen) atoms. The minimum Gasteiger partial charge on any atom is -0.469 e. The van der Waals surface area contributed by atoms with Crippen molar-refractivity contribution in [1.82, 2.24) is 10.2 Å². The molecule has 5 heteroatoms. The Morgan fingerprint density at radius 2 is 2.38 bits per heavy atom. The molecule has 0 spiro atoms. The number of nitrogens with zero attached hydrogens (tertiary/aromatic N) is 1. The number of ether oxygens (including phenoxy) is 1. The second-order valence-electron chi connectivity index (χ2n) is 4.47. The normalized spacial score (nSPS) is 30.6. The van der Waals surface area contributed by atoms with Crippen LogP contribution in [0.2, 0.25) is 0 Å². The summed E-state index contributed by atoms with van der Waals surface area (Å²) in [6.07, 6.45) is 2.44. The van der Waals surface area contributed by atoms with E-state index in [-0.39, 0.29) is 23.8 Å². The lowest BCUT2D eigenvalue weighted by Gasteiger charge is -2.31. The van der Waals surface area contributed by atoms with Crippen LogP contribution in [0.25, 0.3) is 0 Å². The summed E-state index contributed by atoms with van der Waals surface area (Å²) in [4.78, 5) is 25.0. The highest BCUT2D eigenvalue weighted by atomic mass is 16.5. The Morgan fingerprint density at radius 1 is 1.56 bits per heavy atom. The number of carbonyl (C=O) groups excluding carboxylic acids is 2. The third kappa shape index (κ3) is 2.19. The molecule has 0 bridgehead atoms. The molecule has 0 aromatic rings. The molecule has 2 heterocycles. The van der Waals surface area contributed by atoms with Crippen LogP contribution in [0.3, 0.4) is 0 Å². The second-order valence-corrected chi connectivity index (χ2v) is 4.47. The van der Waals surface area contributed by atoms with Crippen molar-refractivity contribution in [3.63, 3.8) is 0 Å². The Kier molecular flexibility index (Phi) is 3.43. The summed E-state index contributed by atoms with van der Waals surface area (Å²) in [7, 11) is 1.37. The van der Waals surface area contributed by atoms with Crippen molar-refractivity contribution in [2.24, 2.45) is 5.92 Å². The van der Waals surface area contributed by atoms with Crippen LogP contribution >= 0.6 is 0 Å². The lowest BCUT2D eigenvalue weighted by molar-refractivity contribution is -0.145. The highest BCUT2D eigenvalue weighted by molar-refractivity contribution is 5.87.